The fraction of sp³-hybridized carbons (Fsp3) is 0. The zero-order valence-electron chi connectivity index (χ0n) is 8.16. The molecule has 0 aliphatic rings. The van der Waals surface area contributed by atoms with Gasteiger partial charge in [0.05, 0.1) is 7.82 Å². The Bertz CT molecular complexity index is 201. The Kier molecular flexibility index (Phi) is 35.7. The van der Waals surface area contributed by atoms with Crippen LogP contribution >= 0.6 is 15.6 Å². The molecular weight excluding hydrogens is 330 g/mol. The molecule has 8 nitrogen and oxygen atoms in total. The van der Waals surface area contributed by atoms with E-state index >= 15 is 0 Å². The standard InChI is InChI=1S/3K.Na.H4O8P2/c;;;;1-7-10(5,6)8-9(2,3)4/h;;;;1H,(H,5,6)(H2,2,3,4)/q4*+1;/p-4. The van der Waals surface area contributed by atoms with Crippen molar-refractivity contribution in [1.82, 2.24) is 0 Å². The Balaban J connectivity index is -0.0000000675. The first-order valence-electron chi connectivity index (χ1n) is 1.63. The van der Waals surface area contributed by atoms with Gasteiger partial charge in [0.25, 0.3) is 7.82 Å². The molecule has 0 aliphatic carbocycles. The Labute approximate surface area is 230 Å². The van der Waals surface area contributed by atoms with E-state index in [1.807, 2.05) is 0 Å². The normalized spacial score (nSPS) is 13.1. The minimum atomic E-state index is -5.70. The molecule has 0 amide bonds. The van der Waals surface area contributed by atoms with Gasteiger partial charge in [0, 0.05) is 0 Å². The van der Waals surface area contributed by atoms with Crippen LogP contribution in [-0.4, -0.2) is 0 Å². The van der Waals surface area contributed by atoms with Crippen LogP contribution in [0, 0.1) is 0 Å². The fourth-order valence-electron chi connectivity index (χ4n) is 0.136. The fourth-order valence-corrected chi connectivity index (χ4v) is 1.22. The second kappa shape index (κ2) is 15.5. The van der Waals surface area contributed by atoms with Gasteiger partial charge in [-0.2, -0.15) is 0 Å². The summed E-state index contributed by atoms with van der Waals surface area (Å²) in [6, 6.07) is 0. The van der Waals surface area contributed by atoms with Gasteiger partial charge < -0.3 is 29.2 Å². The van der Waals surface area contributed by atoms with Crippen molar-refractivity contribution in [2.45, 2.75) is 0 Å². The van der Waals surface area contributed by atoms with Gasteiger partial charge in [0.2, 0.25) is 0 Å². The topological polar surface area (TPSA) is 145 Å². The van der Waals surface area contributed by atoms with E-state index in [2.05, 4.69) is 8.99 Å². The molecule has 0 aromatic heterocycles. The maximum absolute atomic E-state index is 9.71. The van der Waals surface area contributed by atoms with Crippen molar-refractivity contribution in [2.24, 2.45) is 0 Å². The second-order valence-electron chi connectivity index (χ2n) is 1.05. The van der Waals surface area contributed by atoms with E-state index in [1.54, 1.807) is 0 Å². The van der Waals surface area contributed by atoms with E-state index in [1.165, 1.54) is 0 Å². The molecule has 0 aromatic rings. The number of hydrogen-bond acceptors (Lipinski definition) is 8. The average molecular weight is 330 g/mol. The van der Waals surface area contributed by atoms with Gasteiger partial charge in [-0.05, 0) is 0 Å². The second-order valence-corrected chi connectivity index (χ2v) is 3.64. The van der Waals surface area contributed by atoms with Gasteiger partial charge >= 0.3 is 184 Å². The van der Waals surface area contributed by atoms with Crippen molar-refractivity contribution in [3.8, 4) is 0 Å². The molecule has 0 aromatic carbocycles. The van der Waals surface area contributed by atoms with Gasteiger partial charge in [-0.1, -0.05) is 0 Å². The summed E-state index contributed by atoms with van der Waals surface area (Å²) in [7, 11) is -11.2. The van der Waals surface area contributed by atoms with Crippen molar-refractivity contribution in [2.75, 3.05) is 0 Å². The Morgan fingerprint density at radius 1 is 0.929 bits per heavy atom. The van der Waals surface area contributed by atoms with Crippen LogP contribution in [0.3, 0.4) is 0 Å². The zero-order valence-corrected chi connectivity index (χ0v) is 21.3. The first-order valence-corrected chi connectivity index (χ1v) is 4.55. The average Bonchev–Trinajstić information content (AvgIpc) is 1.60. The summed E-state index contributed by atoms with van der Waals surface area (Å²) in [6.45, 7) is 0. The summed E-state index contributed by atoms with van der Waals surface area (Å²) < 4.78 is 24.1. The molecule has 14 heteroatoms. The summed E-state index contributed by atoms with van der Waals surface area (Å²) in [6.07, 6.45) is 0. The Morgan fingerprint density at radius 3 is 1.29 bits per heavy atom. The third kappa shape index (κ3) is 23.2. The number of phosphoric acid groups is 2. The van der Waals surface area contributed by atoms with Crippen LogP contribution in [0.25, 0.3) is 0 Å². The van der Waals surface area contributed by atoms with E-state index in [4.69, 9.17) is 5.26 Å². The smallest absolute Gasteiger partial charge is 0.790 e. The molecule has 0 bridgehead atoms. The predicted molar refractivity (Wildman–Crippen MR) is 17.4 cm³/mol. The molecule has 1 atom stereocenters. The van der Waals surface area contributed by atoms with Crippen LogP contribution < -0.4 is 204 Å². The van der Waals surface area contributed by atoms with Crippen molar-refractivity contribution >= 4 is 15.6 Å². The van der Waals surface area contributed by atoms with Gasteiger partial charge in [0.15, 0.2) is 0 Å². The van der Waals surface area contributed by atoms with Gasteiger partial charge in [-0.15, -0.1) is 0 Å². The van der Waals surface area contributed by atoms with Crippen LogP contribution in [-0.2, 0) is 18.1 Å². The molecule has 0 heterocycles. The summed E-state index contributed by atoms with van der Waals surface area (Å²) >= 11 is 0. The Hall–Kier alpha value is 6.13. The SMILES string of the molecule is O=P([O-])([O-])OP(=O)([O-])O[O-].[K+].[K+].[K+].[Na+]. The van der Waals surface area contributed by atoms with Crippen LogP contribution in [0.4, 0.5) is 0 Å². The predicted octanol–water partition coefficient (Wildman–Crippen LogP) is -15.4. The minimum absolute atomic E-state index is 0. The van der Waals surface area contributed by atoms with Gasteiger partial charge in [-0.25, -0.2) is 0 Å². The molecule has 62 valence electrons. The van der Waals surface area contributed by atoms with Crippen molar-refractivity contribution in [1.29, 1.82) is 0 Å². The van der Waals surface area contributed by atoms with Crippen molar-refractivity contribution < 1.29 is 222 Å². The van der Waals surface area contributed by atoms with Crippen molar-refractivity contribution in [3.05, 3.63) is 0 Å². The molecule has 0 aliphatic heterocycles. The van der Waals surface area contributed by atoms with E-state index < -0.39 is 15.6 Å². The molecule has 0 radical (unpaired) electrons. The molecule has 1 unspecified atom stereocenters. The third-order valence-corrected chi connectivity index (χ3v) is 2.07. The molecular formula is K3NaO8P2. The van der Waals surface area contributed by atoms with E-state index in [-0.39, 0.29) is 184 Å². The summed E-state index contributed by atoms with van der Waals surface area (Å²) in [5, 5.41) is 9.03. The molecule has 0 saturated heterocycles. The zero-order chi connectivity index (χ0) is 8.41. The first-order chi connectivity index (χ1) is 4.27. The molecule has 0 spiro atoms. The molecule has 0 saturated carbocycles. The van der Waals surface area contributed by atoms with E-state index in [9.17, 15) is 23.8 Å². The van der Waals surface area contributed by atoms with Crippen LogP contribution in [0.1, 0.15) is 0 Å². The molecule has 0 rings (SSSR count). The summed E-state index contributed by atoms with van der Waals surface area (Å²) in [4.78, 5) is 28.6. The van der Waals surface area contributed by atoms with E-state index in [0.717, 1.165) is 0 Å². The maximum atomic E-state index is 9.71. The van der Waals surface area contributed by atoms with Crippen molar-refractivity contribution in [3.63, 3.8) is 0 Å². The quantitative estimate of drug-likeness (QED) is 0.215. The van der Waals surface area contributed by atoms with Gasteiger partial charge in [0.1, 0.15) is 0 Å². The Morgan fingerprint density at radius 2 is 1.21 bits per heavy atom. The summed E-state index contributed by atoms with van der Waals surface area (Å²) in [5.41, 5.74) is 0. The van der Waals surface area contributed by atoms with Crippen LogP contribution in [0.5, 0.6) is 0 Å². The number of rotatable bonds is 3. The largest absolute Gasteiger partial charge is 1.00 e. The number of hydrogen-bond donors (Lipinski definition) is 0. The van der Waals surface area contributed by atoms with Crippen LogP contribution in [0.2, 0.25) is 0 Å². The molecule has 14 heavy (non-hydrogen) atoms. The minimum Gasteiger partial charge on any atom is -0.790 e. The monoisotopic (exact) mass is 330 g/mol. The first kappa shape index (κ1) is 32.2. The molecule has 0 N–H and O–H groups in total. The maximum Gasteiger partial charge on any atom is 1.00 e. The third-order valence-electron chi connectivity index (χ3n) is 0.291. The molecule has 0 fully saturated rings. The van der Waals surface area contributed by atoms with E-state index in [0.29, 0.717) is 0 Å². The van der Waals surface area contributed by atoms with Crippen LogP contribution in [0.15, 0.2) is 0 Å². The van der Waals surface area contributed by atoms with Gasteiger partial charge in [-0.3, -0.25) is 8.88 Å². The summed E-state index contributed by atoms with van der Waals surface area (Å²) in [5.74, 6) is 0.